The van der Waals surface area contributed by atoms with E-state index in [4.69, 9.17) is 11.6 Å². The minimum Gasteiger partial charge on any atom is -0.365 e. The number of nitrogens with zero attached hydrogens (tertiary/aromatic N) is 5. The van der Waals surface area contributed by atoms with Crippen LogP contribution in [0.1, 0.15) is 27.9 Å². The molecule has 4 heterocycles. The van der Waals surface area contributed by atoms with Gasteiger partial charge >= 0.3 is 0 Å². The Labute approximate surface area is 211 Å². The van der Waals surface area contributed by atoms with Gasteiger partial charge in [-0.05, 0) is 42.2 Å². The fourth-order valence-corrected chi connectivity index (χ4v) is 4.37. The number of nitrogens with one attached hydrogen (secondary N) is 2. The van der Waals surface area contributed by atoms with Crippen molar-refractivity contribution >= 4 is 28.5 Å². The van der Waals surface area contributed by atoms with Crippen molar-refractivity contribution in [2.24, 2.45) is 0 Å². The first-order valence-electron chi connectivity index (χ1n) is 11.4. The second kappa shape index (κ2) is 9.79. The van der Waals surface area contributed by atoms with Gasteiger partial charge in [0, 0.05) is 36.8 Å². The molecule has 5 rings (SSSR count). The van der Waals surface area contributed by atoms with Crippen molar-refractivity contribution in [3.8, 4) is 0 Å². The van der Waals surface area contributed by atoms with Crippen LogP contribution in [-0.4, -0.2) is 29.3 Å². The predicted octanol–water partition coefficient (Wildman–Crippen LogP) is 3.66. The van der Waals surface area contributed by atoms with Gasteiger partial charge in [0.05, 0.1) is 23.5 Å². The van der Waals surface area contributed by atoms with Crippen LogP contribution in [0.2, 0.25) is 5.02 Å². The average Bonchev–Trinajstić information content (AvgIpc) is 3.25. The second-order valence-corrected chi connectivity index (χ2v) is 9.13. The van der Waals surface area contributed by atoms with Crippen molar-refractivity contribution < 1.29 is 0 Å². The van der Waals surface area contributed by atoms with Gasteiger partial charge in [0.25, 0.3) is 5.56 Å². The number of hydrogen-bond donors (Lipinski definition) is 2. The lowest BCUT2D eigenvalue weighted by atomic mass is 10.1. The van der Waals surface area contributed by atoms with E-state index >= 15 is 0 Å². The normalized spacial score (nSPS) is 11.2. The van der Waals surface area contributed by atoms with Gasteiger partial charge in [0.15, 0.2) is 5.65 Å². The molecule has 4 aromatic heterocycles. The summed E-state index contributed by atoms with van der Waals surface area (Å²) in [5, 5.41) is 9.30. The van der Waals surface area contributed by atoms with Crippen molar-refractivity contribution in [3.63, 3.8) is 0 Å². The van der Waals surface area contributed by atoms with Crippen LogP contribution in [0.4, 0.5) is 5.82 Å². The molecule has 5 aromatic rings. The van der Waals surface area contributed by atoms with Crippen LogP contribution in [0, 0.1) is 13.8 Å². The first-order chi connectivity index (χ1) is 17.4. The van der Waals surface area contributed by atoms with E-state index in [1.807, 2.05) is 49.0 Å². The molecule has 0 radical (unpaired) electrons. The smallest absolute Gasteiger partial charge is 0.250 e. The number of aryl methyl sites for hydroxylation is 2. The SMILES string of the molecule is Cc1cc(=O)[nH]c(C)c1CNc1ncnc2nn(Cc3ccc(Cn4cc(Cl)ccc4=O)cc3)cc12. The summed E-state index contributed by atoms with van der Waals surface area (Å²) in [6.07, 6.45) is 5.05. The minimum atomic E-state index is -0.106. The van der Waals surface area contributed by atoms with E-state index in [-0.39, 0.29) is 11.1 Å². The molecule has 2 N–H and O–H groups in total. The van der Waals surface area contributed by atoms with Gasteiger partial charge in [-0.25, -0.2) is 9.97 Å². The summed E-state index contributed by atoms with van der Waals surface area (Å²) >= 11 is 6.02. The lowest BCUT2D eigenvalue weighted by Gasteiger charge is -2.11. The fourth-order valence-electron chi connectivity index (χ4n) is 4.19. The molecule has 0 spiro atoms. The van der Waals surface area contributed by atoms with E-state index in [2.05, 4.69) is 25.4 Å². The lowest BCUT2D eigenvalue weighted by Crippen LogP contribution is -2.18. The number of fused-ring (bicyclic) bond motifs is 1. The minimum absolute atomic E-state index is 0.0943. The Kier molecular flexibility index (Phi) is 6.39. The molecule has 0 saturated carbocycles. The van der Waals surface area contributed by atoms with Crippen LogP contribution in [0.5, 0.6) is 0 Å². The van der Waals surface area contributed by atoms with E-state index in [0.29, 0.717) is 36.1 Å². The Bertz CT molecular complexity index is 1640. The average molecular weight is 502 g/mol. The summed E-state index contributed by atoms with van der Waals surface area (Å²) < 4.78 is 3.42. The molecule has 0 atom stereocenters. The zero-order chi connectivity index (χ0) is 25.2. The fraction of sp³-hybridized carbons (Fsp3) is 0.192. The number of aromatic nitrogens is 6. The number of H-pyrrole nitrogens is 1. The molecule has 0 saturated heterocycles. The lowest BCUT2D eigenvalue weighted by molar-refractivity contribution is 0.692. The van der Waals surface area contributed by atoms with Crippen LogP contribution in [0.3, 0.4) is 0 Å². The first kappa shape index (κ1) is 23.5. The number of halogens is 1. The van der Waals surface area contributed by atoms with E-state index in [1.165, 1.54) is 12.4 Å². The highest BCUT2D eigenvalue weighted by atomic mass is 35.5. The Morgan fingerprint density at radius 3 is 2.47 bits per heavy atom. The topological polar surface area (TPSA) is 110 Å². The second-order valence-electron chi connectivity index (χ2n) is 8.69. The maximum atomic E-state index is 12.0. The molecule has 0 aliphatic heterocycles. The highest BCUT2D eigenvalue weighted by Gasteiger charge is 2.11. The quantitative estimate of drug-likeness (QED) is 0.352. The molecule has 0 aliphatic rings. The third kappa shape index (κ3) is 5.06. The number of aromatic amines is 1. The molecule has 182 valence electrons. The molecule has 10 heteroatoms. The molecule has 0 unspecified atom stereocenters. The van der Waals surface area contributed by atoms with Crippen LogP contribution < -0.4 is 16.4 Å². The van der Waals surface area contributed by atoms with Crippen LogP contribution in [-0.2, 0) is 19.6 Å². The maximum Gasteiger partial charge on any atom is 0.250 e. The molecule has 9 nitrogen and oxygen atoms in total. The van der Waals surface area contributed by atoms with E-state index < -0.39 is 0 Å². The van der Waals surface area contributed by atoms with Gasteiger partial charge < -0.3 is 14.9 Å². The van der Waals surface area contributed by atoms with Gasteiger partial charge in [-0.3, -0.25) is 14.3 Å². The summed E-state index contributed by atoms with van der Waals surface area (Å²) in [4.78, 5) is 35.2. The molecule has 0 aliphatic carbocycles. The molecule has 36 heavy (non-hydrogen) atoms. The zero-order valence-electron chi connectivity index (χ0n) is 19.8. The largest absolute Gasteiger partial charge is 0.365 e. The Morgan fingerprint density at radius 1 is 0.972 bits per heavy atom. The summed E-state index contributed by atoms with van der Waals surface area (Å²) in [7, 11) is 0. The van der Waals surface area contributed by atoms with Gasteiger partial charge in [0.2, 0.25) is 5.56 Å². The first-order valence-corrected chi connectivity index (χ1v) is 11.8. The number of pyridine rings is 2. The monoisotopic (exact) mass is 501 g/mol. The van der Waals surface area contributed by atoms with Crippen LogP contribution in [0.25, 0.3) is 11.0 Å². The summed E-state index contributed by atoms with van der Waals surface area (Å²) in [5.41, 5.74) is 5.23. The predicted molar refractivity (Wildman–Crippen MR) is 140 cm³/mol. The number of benzene rings is 1. The van der Waals surface area contributed by atoms with Crippen LogP contribution in [0.15, 0.2) is 70.8 Å². The van der Waals surface area contributed by atoms with Gasteiger partial charge in [-0.1, -0.05) is 35.9 Å². The summed E-state index contributed by atoms with van der Waals surface area (Å²) in [6, 6.07) is 12.7. The molecular formula is C26H24ClN7O2. The number of rotatable bonds is 7. The molecular weight excluding hydrogens is 478 g/mol. The third-order valence-electron chi connectivity index (χ3n) is 6.05. The summed E-state index contributed by atoms with van der Waals surface area (Å²) in [5.74, 6) is 0.679. The van der Waals surface area contributed by atoms with Gasteiger partial charge in [-0.15, -0.1) is 0 Å². The van der Waals surface area contributed by atoms with Crippen LogP contribution >= 0.6 is 11.6 Å². The zero-order valence-corrected chi connectivity index (χ0v) is 20.6. The Hall–Kier alpha value is -4.24. The van der Waals surface area contributed by atoms with Crippen molar-refractivity contribution in [2.45, 2.75) is 33.5 Å². The van der Waals surface area contributed by atoms with Crippen molar-refractivity contribution in [1.29, 1.82) is 0 Å². The van der Waals surface area contributed by atoms with Gasteiger partial charge in [0.1, 0.15) is 12.1 Å². The van der Waals surface area contributed by atoms with Crippen molar-refractivity contribution in [3.05, 3.63) is 115 Å². The van der Waals surface area contributed by atoms with Crippen molar-refractivity contribution in [2.75, 3.05) is 5.32 Å². The third-order valence-corrected chi connectivity index (χ3v) is 6.28. The standard InChI is InChI=1S/C26H24ClN7O2/c1-16-9-23(35)31-17(2)21(16)10-28-25-22-14-34(32-26(22)30-15-29-25)12-19-5-3-18(4-6-19)11-33-13-20(27)7-8-24(33)36/h3-9,13-15H,10-12H2,1-2H3,(H,31,35)(H,28,29,30,32). The molecule has 0 bridgehead atoms. The number of anilines is 1. The van der Waals surface area contributed by atoms with E-state index in [1.54, 1.807) is 22.9 Å². The van der Waals surface area contributed by atoms with Crippen molar-refractivity contribution in [1.82, 2.24) is 29.3 Å². The highest BCUT2D eigenvalue weighted by molar-refractivity contribution is 6.30. The number of hydrogen-bond acceptors (Lipinski definition) is 6. The van der Waals surface area contributed by atoms with E-state index in [0.717, 1.165) is 33.3 Å². The highest BCUT2D eigenvalue weighted by Crippen LogP contribution is 2.20. The maximum absolute atomic E-state index is 12.0. The Morgan fingerprint density at radius 2 is 1.72 bits per heavy atom. The summed E-state index contributed by atoms with van der Waals surface area (Å²) in [6.45, 7) is 5.33. The van der Waals surface area contributed by atoms with Gasteiger partial charge in [-0.2, -0.15) is 5.10 Å². The molecule has 0 fully saturated rings. The van der Waals surface area contributed by atoms with E-state index in [9.17, 15) is 9.59 Å². The molecule has 0 amide bonds. The Balaban J connectivity index is 1.31. The molecule has 1 aromatic carbocycles.